The fourth-order valence-electron chi connectivity index (χ4n) is 5.11. The minimum absolute atomic E-state index is 0.119. The molecule has 0 aromatic heterocycles. The van der Waals surface area contributed by atoms with E-state index >= 15 is 0 Å². The number of rotatable bonds is 11. The summed E-state index contributed by atoms with van der Waals surface area (Å²) in [4.78, 5) is 30.0. The summed E-state index contributed by atoms with van der Waals surface area (Å²) in [6.45, 7) is 8.97. The topological polar surface area (TPSA) is 71.1 Å². The van der Waals surface area contributed by atoms with Crippen molar-refractivity contribution in [3.8, 4) is 5.75 Å². The molecule has 224 valence electrons. The van der Waals surface area contributed by atoms with Gasteiger partial charge >= 0.3 is 6.09 Å². The average Bonchev–Trinajstić information content (AvgIpc) is 2.99. The minimum atomic E-state index is -0.564. The molecule has 2 amide bonds. The van der Waals surface area contributed by atoms with Crippen LogP contribution >= 0.6 is 0 Å². The van der Waals surface area contributed by atoms with Crippen LogP contribution in [0.5, 0.6) is 5.75 Å². The standard InChI is InChI=1S/C35H45N3O4/c1-35(2,3)42-34(40)37(4)23-22-31(28-15-9-6-10-16-28)41-32-18-12-11-17-30(32)33(39)36-29-20-25-38(26-21-29)24-19-27-13-7-5-8-14-27/h5-18,29,31H,19-26H2,1-4H3,(H,36,39). The van der Waals surface area contributed by atoms with E-state index in [2.05, 4.69) is 34.5 Å². The molecule has 0 spiro atoms. The molecular weight excluding hydrogens is 526 g/mol. The molecule has 0 bridgehead atoms. The number of hydrogen-bond acceptors (Lipinski definition) is 5. The van der Waals surface area contributed by atoms with Crippen molar-refractivity contribution in [2.45, 2.75) is 64.2 Å². The second-order valence-corrected chi connectivity index (χ2v) is 12.0. The van der Waals surface area contributed by atoms with Crippen molar-refractivity contribution in [3.63, 3.8) is 0 Å². The maximum atomic E-state index is 13.5. The molecule has 1 fully saturated rings. The van der Waals surface area contributed by atoms with E-state index in [1.807, 2.05) is 81.4 Å². The Bertz CT molecular complexity index is 1270. The smallest absolute Gasteiger partial charge is 0.410 e. The summed E-state index contributed by atoms with van der Waals surface area (Å²) in [5.41, 5.74) is 2.29. The lowest BCUT2D eigenvalue weighted by Gasteiger charge is -2.32. The van der Waals surface area contributed by atoms with Crippen molar-refractivity contribution in [1.29, 1.82) is 0 Å². The number of para-hydroxylation sites is 1. The summed E-state index contributed by atoms with van der Waals surface area (Å²) in [7, 11) is 1.73. The zero-order chi connectivity index (χ0) is 30.0. The van der Waals surface area contributed by atoms with Crippen LogP contribution in [0.2, 0.25) is 0 Å². The van der Waals surface area contributed by atoms with Crippen LogP contribution in [0.15, 0.2) is 84.9 Å². The average molecular weight is 572 g/mol. The first-order chi connectivity index (χ1) is 20.2. The fourth-order valence-corrected chi connectivity index (χ4v) is 5.11. The summed E-state index contributed by atoms with van der Waals surface area (Å²) < 4.78 is 12.0. The van der Waals surface area contributed by atoms with Crippen LogP contribution in [-0.4, -0.2) is 66.7 Å². The normalized spacial score (nSPS) is 15.0. The number of carbonyl (C=O) groups is 2. The third kappa shape index (κ3) is 9.62. The van der Waals surface area contributed by atoms with Crippen LogP contribution in [0.1, 0.15) is 67.6 Å². The van der Waals surface area contributed by atoms with Crippen LogP contribution in [0.3, 0.4) is 0 Å². The molecular formula is C35H45N3O4. The van der Waals surface area contributed by atoms with E-state index in [0.29, 0.717) is 24.3 Å². The summed E-state index contributed by atoms with van der Waals surface area (Å²) in [5, 5.41) is 3.25. The quantitative estimate of drug-likeness (QED) is 0.285. The van der Waals surface area contributed by atoms with Gasteiger partial charge in [0.1, 0.15) is 17.5 Å². The van der Waals surface area contributed by atoms with E-state index in [4.69, 9.17) is 9.47 Å². The Balaban J connectivity index is 1.35. The zero-order valence-corrected chi connectivity index (χ0v) is 25.4. The molecule has 0 aliphatic carbocycles. The monoisotopic (exact) mass is 571 g/mol. The highest BCUT2D eigenvalue weighted by atomic mass is 16.6. The van der Waals surface area contributed by atoms with Gasteiger partial charge in [-0.2, -0.15) is 0 Å². The number of hydrogen-bond donors (Lipinski definition) is 1. The predicted octanol–water partition coefficient (Wildman–Crippen LogP) is 6.50. The van der Waals surface area contributed by atoms with E-state index in [9.17, 15) is 9.59 Å². The van der Waals surface area contributed by atoms with Crippen molar-refractivity contribution in [3.05, 3.63) is 102 Å². The molecule has 0 saturated carbocycles. The highest BCUT2D eigenvalue weighted by Gasteiger charge is 2.25. The Morgan fingerprint density at radius 2 is 1.55 bits per heavy atom. The van der Waals surface area contributed by atoms with Crippen molar-refractivity contribution >= 4 is 12.0 Å². The molecule has 7 heteroatoms. The van der Waals surface area contributed by atoms with Gasteiger partial charge < -0.3 is 24.6 Å². The van der Waals surface area contributed by atoms with Crippen molar-refractivity contribution < 1.29 is 19.1 Å². The number of nitrogens with one attached hydrogen (secondary N) is 1. The van der Waals surface area contributed by atoms with Crippen LogP contribution < -0.4 is 10.1 Å². The van der Waals surface area contributed by atoms with E-state index in [1.165, 1.54) is 5.56 Å². The van der Waals surface area contributed by atoms with Gasteiger partial charge in [-0.1, -0.05) is 72.8 Å². The molecule has 1 unspecified atom stereocenters. The van der Waals surface area contributed by atoms with E-state index in [1.54, 1.807) is 11.9 Å². The molecule has 1 aliphatic heterocycles. The van der Waals surface area contributed by atoms with Gasteiger partial charge in [0.25, 0.3) is 5.91 Å². The van der Waals surface area contributed by atoms with Gasteiger partial charge in [0, 0.05) is 45.7 Å². The first-order valence-electron chi connectivity index (χ1n) is 15.0. The second kappa shape index (κ2) is 14.9. The van der Waals surface area contributed by atoms with Crippen LogP contribution in [0.25, 0.3) is 0 Å². The van der Waals surface area contributed by atoms with Crippen molar-refractivity contribution in [1.82, 2.24) is 15.1 Å². The van der Waals surface area contributed by atoms with Gasteiger partial charge in [-0.15, -0.1) is 0 Å². The fraction of sp³-hybridized carbons (Fsp3) is 0.429. The van der Waals surface area contributed by atoms with E-state index in [-0.39, 0.29) is 24.1 Å². The Kier molecular flexibility index (Phi) is 11.0. The van der Waals surface area contributed by atoms with Gasteiger partial charge in [0.2, 0.25) is 0 Å². The summed E-state index contributed by atoms with van der Waals surface area (Å²) in [6.07, 6.45) is 2.70. The molecule has 1 heterocycles. The number of piperidine rings is 1. The number of likely N-dealkylation sites (tertiary alicyclic amines) is 1. The predicted molar refractivity (Wildman–Crippen MR) is 167 cm³/mol. The van der Waals surface area contributed by atoms with E-state index in [0.717, 1.165) is 44.5 Å². The highest BCUT2D eigenvalue weighted by molar-refractivity contribution is 5.97. The Hall–Kier alpha value is -3.84. The van der Waals surface area contributed by atoms with Gasteiger partial charge in [-0.25, -0.2) is 4.79 Å². The highest BCUT2D eigenvalue weighted by Crippen LogP contribution is 2.28. The Morgan fingerprint density at radius 1 is 0.929 bits per heavy atom. The third-order valence-corrected chi connectivity index (χ3v) is 7.49. The summed E-state index contributed by atoms with van der Waals surface area (Å²) in [6, 6.07) is 28.0. The third-order valence-electron chi connectivity index (χ3n) is 7.49. The molecule has 3 aromatic carbocycles. The van der Waals surface area contributed by atoms with Crippen LogP contribution in [0.4, 0.5) is 4.79 Å². The van der Waals surface area contributed by atoms with Gasteiger partial charge in [-0.3, -0.25) is 4.79 Å². The van der Waals surface area contributed by atoms with E-state index < -0.39 is 5.60 Å². The number of ether oxygens (including phenoxy) is 2. The molecule has 4 rings (SSSR count). The van der Waals surface area contributed by atoms with Crippen molar-refractivity contribution in [2.24, 2.45) is 0 Å². The largest absolute Gasteiger partial charge is 0.485 e. The van der Waals surface area contributed by atoms with Gasteiger partial charge in [0.15, 0.2) is 0 Å². The molecule has 1 atom stereocenters. The maximum Gasteiger partial charge on any atom is 0.410 e. The summed E-state index contributed by atoms with van der Waals surface area (Å²) in [5.74, 6) is 0.412. The van der Waals surface area contributed by atoms with Crippen LogP contribution in [-0.2, 0) is 11.2 Å². The van der Waals surface area contributed by atoms with Crippen molar-refractivity contribution in [2.75, 3.05) is 33.2 Å². The minimum Gasteiger partial charge on any atom is -0.485 e. The molecule has 3 aromatic rings. The number of carbonyl (C=O) groups excluding carboxylic acids is 2. The molecule has 42 heavy (non-hydrogen) atoms. The lowest BCUT2D eigenvalue weighted by molar-refractivity contribution is 0.0278. The number of amides is 2. The number of benzene rings is 3. The molecule has 1 N–H and O–H groups in total. The Morgan fingerprint density at radius 3 is 2.21 bits per heavy atom. The van der Waals surface area contributed by atoms with Crippen LogP contribution in [0, 0.1) is 0 Å². The SMILES string of the molecule is CN(CCC(Oc1ccccc1C(=O)NC1CCN(CCc2ccccc2)CC1)c1ccccc1)C(=O)OC(C)(C)C. The summed E-state index contributed by atoms with van der Waals surface area (Å²) >= 11 is 0. The molecule has 7 nitrogen and oxygen atoms in total. The lowest BCUT2D eigenvalue weighted by Crippen LogP contribution is -2.45. The first-order valence-corrected chi connectivity index (χ1v) is 15.0. The second-order valence-electron chi connectivity index (χ2n) is 12.0. The lowest BCUT2D eigenvalue weighted by atomic mass is 10.0. The molecule has 0 radical (unpaired) electrons. The Labute approximate surface area is 250 Å². The maximum absolute atomic E-state index is 13.5. The molecule has 1 saturated heterocycles. The van der Waals surface area contributed by atoms with Gasteiger partial charge in [0.05, 0.1) is 5.56 Å². The zero-order valence-electron chi connectivity index (χ0n) is 25.4. The number of nitrogens with zero attached hydrogens (tertiary/aromatic N) is 2. The van der Waals surface area contributed by atoms with Gasteiger partial charge in [-0.05, 0) is 63.3 Å². The first kappa shape index (κ1) is 31.1. The molecule has 1 aliphatic rings.